The van der Waals surface area contributed by atoms with Crippen molar-refractivity contribution < 1.29 is 0 Å². The van der Waals surface area contributed by atoms with Crippen molar-refractivity contribution in [3.8, 4) is 0 Å². The molecule has 0 saturated carbocycles. The minimum absolute atomic E-state index is 0. The van der Waals surface area contributed by atoms with Crippen LogP contribution in [0.3, 0.4) is 0 Å². The van der Waals surface area contributed by atoms with Crippen LogP contribution in [0.1, 0.15) is 6.92 Å². The molecule has 1 aromatic carbocycles. The molecule has 0 unspecified atom stereocenters. The van der Waals surface area contributed by atoms with E-state index >= 15 is 0 Å². The fourth-order valence-corrected chi connectivity index (χ4v) is 1.64. The van der Waals surface area contributed by atoms with Gasteiger partial charge in [-0.25, -0.2) is 0 Å². The Balaban J connectivity index is 0.00000162. The maximum atomic E-state index is 4.38. The van der Waals surface area contributed by atoms with Crippen molar-refractivity contribution in [1.29, 1.82) is 0 Å². The number of para-hydroxylation sites is 1. The molecule has 0 aliphatic carbocycles. The Bertz CT molecular complexity index is 473. The van der Waals surface area contributed by atoms with Gasteiger partial charge in [0.15, 0.2) is 0 Å². The van der Waals surface area contributed by atoms with E-state index in [4.69, 9.17) is 0 Å². The average Bonchev–Trinajstić information content (AvgIpc) is 2.40. The van der Waals surface area contributed by atoms with Crippen LogP contribution in [0.4, 0.5) is 5.69 Å². The molecule has 0 aromatic heterocycles. The molecule has 0 fully saturated rings. The van der Waals surface area contributed by atoms with Gasteiger partial charge in [0.1, 0.15) is 0 Å². The standard InChI is InChI=1S/C15H16N2.HI/c1-2-17-13-7-6-10-15(17)11-12-16-14-8-4-3-5-9-14;/h3-13H,2H2,1H3;1H/b15-11-,16-12?;. The number of rotatable bonds is 3. The number of nitrogens with zero attached hydrogens (tertiary/aromatic N) is 2. The van der Waals surface area contributed by atoms with Crippen LogP contribution in [-0.4, -0.2) is 17.7 Å². The highest BCUT2D eigenvalue weighted by atomic mass is 127. The zero-order valence-corrected chi connectivity index (χ0v) is 12.7. The van der Waals surface area contributed by atoms with Gasteiger partial charge in [-0.2, -0.15) is 0 Å². The molecule has 0 radical (unpaired) electrons. The van der Waals surface area contributed by atoms with E-state index in [-0.39, 0.29) is 24.0 Å². The van der Waals surface area contributed by atoms with Crippen molar-refractivity contribution >= 4 is 35.9 Å². The molecular formula is C15H17IN2. The van der Waals surface area contributed by atoms with Gasteiger partial charge in [0, 0.05) is 24.7 Å². The van der Waals surface area contributed by atoms with E-state index < -0.39 is 0 Å². The van der Waals surface area contributed by atoms with E-state index in [1.807, 2.05) is 54.8 Å². The van der Waals surface area contributed by atoms with Crippen LogP contribution < -0.4 is 0 Å². The summed E-state index contributed by atoms with van der Waals surface area (Å²) in [5, 5.41) is 0. The Morgan fingerprint density at radius 2 is 1.94 bits per heavy atom. The van der Waals surface area contributed by atoms with Crippen LogP contribution in [0.15, 0.2) is 71.5 Å². The van der Waals surface area contributed by atoms with Crippen molar-refractivity contribution in [2.24, 2.45) is 4.99 Å². The largest absolute Gasteiger partial charge is 0.348 e. The average molecular weight is 352 g/mol. The van der Waals surface area contributed by atoms with E-state index in [1.54, 1.807) is 0 Å². The molecule has 94 valence electrons. The summed E-state index contributed by atoms with van der Waals surface area (Å²) in [7, 11) is 0. The Morgan fingerprint density at radius 1 is 1.17 bits per heavy atom. The van der Waals surface area contributed by atoms with Crippen LogP contribution in [0.5, 0.6) is 0 Å². The molecule has 0 amide bonds. The van der Waals surface area contributed by atoms with Crippen molar-refractivity contribution in [3.05, 3.63) is 66.5 Å². The molecule has 2 nitrogen and oxygen atoms in total. The number of allylic oxidation sites excluding steroid dienone is 4. The van der Waals surface area contributed by atoms with E-state index in [0.29, 0.717) is 0 Å². The van der Waals surface area contributed by atoms with Crippen molar-refractivity contribution in [2.45, 2.75) is 6.92 Å². The first-order valence-corrected chi connectivity index (χ1v) is 5.81. The van der Waals surface area contributed by atoms with Gasteiger partial charge in [-0.1, -0.05) is 24.3 Å². The van der Waals surface area contributed by atoms with Crippen LogP contribution in [-0.2, 0) is 0 Å². The lowest BCUT2D eigenvalue weighted by atomic mass is 10.2. The highest BCUT2D eigenvalue weighted by Crippen LogP contribution is 2.12. The second kappa shape index (κ2) is 7.87. The Labute approximate surface area is 125 Å². The number of hydrogen-bond acceptors (Lipinski definition) is 2. The van der Waals surface area contributed by atoms with Gasteiger partial charge in [0.05, 0.1) is 5.69 Å². The smallest absolute Gasteiger partial charge is 0.0629 e. The summed E-state index contributed by atoms with van der Waals surface area (Å²) in [6, 6.07) is 9.94. The summed E-state index contributed by atoms with van der Waals surface area (Å²) < 4.78 is 0. The van der Waals surface area contributed by atoms with E-state index in [2.05, 4.69) is 29.1 Å². The van der Waals surface area contributed by atoms with Gasteiger partial charge in [-0.05, 0) is 37.3 Å². The Hall–Kier alpha value is -1.36. The summed E-state index contributed by atoms with van der Waals surface area (Å²) in [6.45, 7) is 3.09. The summed E-state index contributed by atoms with van der Waals surface area (Å²) in [5.41, 5.74) is 2.14. The lowest BCUT2D eigenvalue weighted by Crippen LogP contribution is -2.16. The van der Waals surface area contributed by atoms with Gasteiger partial charge >= 0.3 is 0 Å². The first kappa shape index (κ1) is 14.7. The van der Waals surface area contributed by atoms with Crippen LogP contribution >= 0.6 is 24.0 Å². The monoisotopic (exact) mass is 352 g/mol. The lowest BCUT2D eigenvalue weighted by Gasteiger charge is -2.21. The van der Waals surface area contributed by atoms with Gasteiger partial charge in [-0.15, -0.1) is 24.0 Å². The molecule has 3 heteroatoms. The molecular weight excluding hydrogens is 335 g/mol. The zero-order chi connectivity index (χ0) is 11.9. The second-order valence-corrected chi connectivity index (χ2v) is 3.69. The highest BCUT2D eigenvalue weighted by Gasteiger charge is 2.01. The third-order valence-electron chi connectivity index (χ3n) is 2.54. The summed E-state index contributed by atoms with van der Waals surface area (Å²) in [5.74, 6) is 0. The van der Waals surface area contributed by atoms with Crippen molar-refractivity contribution in [2.75, 3.05) is 6.54 Å². The SMILES string of the molecule is CCN1C=CC=C/C1=C/C=Nc1ccccc1.I. The van der Waals surface area contributed by atoms with Crippen LogP contribution in [0, 0.1) is 0 Å². The van der Waals surface area contributed by atoms with Gasteiger partial charge in [0.25, 0.3) is 0 Å². The van der Waals surface area contributed by atoms with E-state index in [9.17, 15) is 0 Å². The molecule has 18 heavy (non-hydrogen) atoms. The van der Waals surface area contributed by atoms with Crippen LogP contribution in [0.2, 0.25) is 0 Å². The molecule has 1 aromatic rings. The molecule has 0 spiro atoms. The molecule has 0 saturated heterocycles. The molecule has 2 rings (SSSR count). The number of benzene rings is 1. The van der Waals surface area contributed by atoms with E-state index in [0.717, 1.165) is 17.9 Å². The summed E-state index contributed by atoms with van der Waals surface area (Å²) in [6.07, 6.45) is 12.1. The zero-order valence-electron chi connectivity index (χ0n) is 10.4. The van der Waals surface area contributed by atoms with Gasteiger partial charge in [0.2, 0.25) is 0 Å². The minimum Gasteiger partial charge on any atom is -0.348 e. The van der Waals surface area contributed by atoms with Crippen LogP contribution in [0.25, 0.3) is 0 Å². The normalized spacial score (nSPS) is 16.3. The highest BCUT2D eigenvalue weighted by molar-refractivity contribution is 14.0. The van der Waals surface area contributed by atoms with Gasteiger partial charge < -0.3 is 4.90 Å². The van der Waals surface area contributed by atoms with Crippen molar-refractivity contribution in [3.63, 3.8) is 0 Å². The molecule has 0 N–H and O–H groups in total. The molecule has 1 aliphatic heterocycles. The predicted octanol–water partition coefficient (Wildman–Crippen LogP) is 4.30. The number of halogens is 1. The first-order valence-electron chi connectivity index (χ1n) is 5.81. The quantitative estimate of drug-likeness (QED) is 0.585. The summed E-state index contributed by atoms with van der Waals surface area (Å²) >= 11 is 0. The molecule has 0 atom stereocenters. The number of aliphatic imine (C=N–C) groups is 1. The molecule has 1 heterocycles. The first-order chi connectivity index (χ1) is 8.40. The maximum Gasteiger partial charge on any atom is 0.0629 e. The lowest BCUT2D eigenvalue weighted by molar-refractivity contribution is 0.504. The number of likely N-dealkylation sites (N-methyl/N-ethyl adjacent to an activating group) is 1. The Kier molecular flexibility index (Phi) is 6.43. The topological polar surface area (TPSA) is 15.6 Å². The fraction of sp³-hybridized carbons (Fsp3) is 0.133. The third-order valence-corrected chi connectivity index (χ3v) is 2.54. The number of hydrogen-bond donors (Lipinski definition) is 0. The third kappa shape index (κ3) is 4.14. The molecule has 0 bridgehead atoms. The fourth-order valence-electron chi connectivity index (χ4n) is 1.64. The molecule has 1 aliphatic rings. The maximum absolute atomic E-state index is 4.38. The second-order valence-electron chi connectivity index (χ2n) is 3.69. The van der Waals surface area contributed by atoms with E-state index in [1.165, 1.54) is 0 Å². The predicted molar refractivity (Wildman–Crippen MR) is 88.8 cm³/mol. The van der Waals surface area contributed by atoms with Gasteiger partial charge in [-0.3, -0.25) is 4.99 Å². The minimum atomic E-state index is 0. The summed E-state index contributed by atoms with van der Waals surface area (Å²) in [4.78, 5) is 6.56. The van der Waals surface area contributed by atoms with Crippen molar-refractivity contribution in [1.82, 2.24) is 4.90 Å². The Morgan fingerprint density at radius 3 is 2.67 bits per heavy atom.